The average molecular weight is 380 g/mol. The summed E-state index contributed by atoms with van der Waals surface area (Å²) < 4.78 is 37.6. The summed E-state index contributed by atoms with van der Waals surface area (Å²) in [6, 6.07) is 10.8. The van der Waals surface area contributed by atoms with Gasteiger partial charge in [-0.3, -0.25) is 0 Å². The van der Waals surface area contributed by atoms with Gasteiger partial charge >= 0.3 is 6.18 Å². The Kier molecular flexibility index (Phi) is 5.44. The van der Waals surface area contributed by atoms with Gasteiger partial charge in [0, 0.05) is 23.8 Å². The molecule has 2 aromatic heterocycles. The molecule has 0 radical (unpaired) electrons. The number of aromatic nitrogens is 2. The Balaban J connectivity index is 1.57. The summed E-state index contributed by atoms with van der Waals surface area (Å²) in [6.45, 7) is 2.05. The number of rotatable bonds is 5. The van der Waals surface area contributed by atoms with Crippen LogP contribution in [-0.4, -0.2) is 9.97 Å². The van der Waals surface area contributed by atoms with E-state index in [1.807, 2.05) is 5.38 Å². The zero-order valence-corrected chi connectivity index (χ0v) is 15.0. The van der Waals surface area contributed by atoms with Gasteiger partial charge in [0.15, 0.2) is 0 Å². The van der Waals surface area contributed by atoms with Crippen molar-refractivity contribution in [3.8, 4) is 0 Å². The maximum Gasteiger partial charge on any atom is 0.417 e. The van der Waals surface area contributed by atoms with Crippen molar-refractivity contribution in [3.63, 3.8) is 0 Å². The van der Waals surface area contributed by atoms with Crippen molar-refractivity contribution < 1.29 is 13.2 Å². The first-order chi connectivity index (χ1) is 11.9. The quantitative estimate of drug-likeness (QED) is 0.527. The summed E-state index contributed by atoms with van der Waals surface area (Å²) in [5, 5.41) is 3.57. The molecule has 3 rings (SSSR count). The fraction of sp³-hybridized carbons (Fsp3) is 0.222. The number of thiazole rings is 1. The first-order valence-electron chi connectivity index (χ1n) is 7.55. The fourth-order valence-corrected chi connectivity index (χ4v) is 3.83. The number of hydrogen-bond acceptors (Lipinski definition) is 4. The van der Waals surface area contributed by atoms with Crippen LogP contribution in [0.4, 0.5) is 13.2 Å². The van der Waals surface area contributed by atoms with Crippen LogP contribution in [0, 0.1) is 6.92 Å². The SMILES string of the molecule is Cc1ccc(Cc2nc(CSc3ccc(C(F)(F)F)cn3)cs2)cc1. The van der Waals surface area contributed by atoms with Crippen LogP contribution < -0.4 is 0 Å². The minimum absolute atomic E-state index is 0.557. The molecule has 3 aromatic rings. The monoisotopic (exact) mass is 380 g/mol. The first kappa shape index (κ1) is 17.9. The van der Waals surface area contributed by atoms with Crippen molar-refractivity contribution in [2.75, 3.05) is 0 Å². The van der Waals surface area contributed by atoms with Gasteiger partial charge in [-0.2, -0.15) is 13.2 Å². The molecule has 0 saturated carbocycles. The van der Waals surface area contributed by atoms with Crippen LogP contribution in [-0.2, 0) is 18.3 Å². The number of alkyl halides is 3. The van der Waals surface area contributed by atoms with Crippen LogP contribution in [0.1, 0.15) is 27.4 Å². The zero-order valence-electron chi connectivity index (χ0n) is 13.4. The molecule has 0 atom stereocenters. The van der Waals surface area contributed by atoms with Crippen LogP contribution in [0.25, 0.3) is 0 Å². The second kappa shape index (κ2) is 7.58. The Morgan fingerprint density at radius 2 is 1.84 bits per heavy atom. The van der Waals surface area contributed by atoms with Crippen molar-refractivity contribution in [2.45, 2.75) is 30.3 Å². The molecule has 0 aliphatic rings. The third kappa shape index (κ3) is 5.06. The molecule has 2 nitrogen and oxygen atoms in total. The van der Waals surface area contributed by atoms with E-state index in [0.29, 0.717) is 10.8 Å². The summed E-state index contributed by atoms with van der Waals surface area (Å²) in [5.41, 5.74) is 2.62. The maximum absolute atomic E-state index is 12.5. The van der Waals surface area contributed by atoms with E-state index in [1.165, 1.54) is 29.0 Å². The standard InChI is InChI=1S/C18H15F3N2S2/c1-12-2-4-13(5-3-12)8-17-23-15(11-25-17)10-24-16-7-6-14(9-22-16)18(19,20)21/h2-7,9,11H,8,10H2,1H3. The molecule has 0 N–H and O–H groups in total. The summed E-state index contributed by atoms with van der Waals surface area (Å²) >= 11 is 2.98. The van der Waals surface area contributed by atoms with E-state index >= 15 is 0 Å². The number of aryl methyl sites for hydroxylation is 1. The number of pyridine rings is 1. The van der Waals surface area contributed by atoms with Crippen molar-refractivity contribution in [2.24, 2.45) is 0 Å². The lowest BCUT2D eigenvalue weighted by molar-refractivity contribution is -0.137. The lowest BCUT2D eigenvalue weighted by Gasteiger charge is -2.06. The molecular weight excluding hydrogens is 365 g/mol. The molecule has 0 amide bonds. The highest BCUT2D eigenvalue weighted by Crippen LogP contribution is 2.30. The van der Waals surface area contributed by atoms with E-state index in [9.17, 15) is 13.2 Å². The number of hydrogen-bond donors (Lipinski definition) is 0. The van der Waals surface area contributed by atoms with Gasteiger partial charge in [0.2, 0.25) is 0 Å². The van der Waals surface area contributed by atoms with Gasteiger partial charge in [-0.15, -0.1) is 23.1 Å². The smallest absolute Gasteiger partial charge is 0.249 e. The van der Waals surface area contributed by atoms with Crippen LogP contribution in [0.15, 0.2) is 53.0 Å². The van der Waals surface area contributed by atoms with Crippen LogP contribution >= 0.6 is 23.1 Å². The predicted molar refractivity (Wildman–Crippen MR) is 94.9 cm³/mol. The normalized spacial score (nSPS) is 11.7. The zero-order chi connectivity index (χ0) is 17.9. The van der Waals surface area contributed by atoms with Gasteiger partial charge in [-0.05, 0) is 24.6 Å². The number of thioether (sulfide) groups is 1. The second-order valence-electron chi connectivity index (χ2n) is 5.57. The van der Waals surface area contributed by atoms with E-state index in [0.717, 1.165) is 29.4 Å². The van der Waals surface area contributed by atoms with Gasteiger partial charge in [0.05, 0.1) is 21.3 Å². The average Bonchev–Trinajstić information content (AvgIpc) is 3.02. The number of halogens is 3. The molecule has 7 heteroatoms. The lowest BCUT2D eigenvalue weighted by atomic mass is 10.1. The van der Waals surface area contributed by atoms with E-state index in [1.54, 1.807) is 11.3 Å². The van der Waals surface area contributed by atoms with Crippen molar-refractivity contribution in [1.82, 2.24) is 9.97 Å². The minimum Gasteiger partial charge on any atom is -0.249 e. The highest BCUT2D eigenvalue weighted by molar-refractivity contribution is 7.98. The Morgan fingerprint density at radius 1 is 1.08 bits per heavy atom. The Labute approximate surface area is 152 Å². The number of nitrogens with zero attached hydrogens (tertiary/aromatic N) is 2. The predicted octanol–water partition coefficient (Wildman–Crippen LogP) is 5.75. The van der Waals surface area contributed by atoms with E-state index in [2.05, 4.69) is 41.2 Å². The molecule has 0 saturated heterocycles. The molecule has 25 heavy (non-hydrogen) atoms. The third-order valence-corrected chi connectivity index (χ3v) is 5.38. The van der Waals surface area contributed by atoms with E-state index in [-0.39, 0.29) is 0 Å². The van der Waals surface area contributed by atoms with Gasteiger partial charge in [0.25, 0.3) is 0 Å². The van der Waals surface area contributed by atoms with Gasteiger partial charge in [0.1, 0.15) is 0 Å². The molecule has 0 aliphatic carbocycles. The van der Waals surface area contributed by atoms with Crippen molar-refractivity contribution in [1.29, 1.82) is 0 Å². The molecule has 2 heterocycles. The second-order valence-corrected chi connectivity index (χ2v) is 7.50. The highest BCUT2D eigenvalue weighted by atomic mass is 32.2. The highest BCUT2D eigenvalue weighted by Gasteiger charge is 2.30. The summed E-state index contributed by atoms with van der Waals surface area (Å²) in [4.78, 5) is 8.45. The molecule has 130 valence electrons. The van der Waals surface area contributed by atoms with Crippen LogP contribution in [0.5, 0.6) is 0 Å². The molecular formula is C18H15F3N2S2. The third-order valence-electron chi connectivity index (χ3n) is 3.51. The Morgan fingerprint density at radius 3 is 2.48 bits per heavy atom. The summed E-state index contributed by atoms with van der Waals surface area (Å²) in [7, 11) is 0. The number of benzene rings is 1. The van der Waals surface area contributed by atoms with E-state index in [4.69, 9.17) is 0 Å². The van der Waals surface area contributed by atoms with E-state index < -0.39 is 11.7 Å². The molecule has 0 fully saturated rings. The van der Waals surface area contributed by atoms with Crippen LogP contribution in [0.2, 0.25) is 0 Å². The Hall–Kier alpha value is -1.86. The molecule has 0 bridgehead atoms. The fourth-order valence-electron chi connectivity index (χ4n) is 2.16. The first-order valence-corrected chi connectivity index (χ1v) is 9.41. The molecule has 0 spiro atoms. The molecule has 0 aliphatic heterocycles. The maximum atomic E-state index is 12.5. The van der Waals surface area contributed by atoms with Gasteiger partial charge < -0.3 is 0 Å². The summed E-state index contributed by atoms with van der Waals surface area (Å²) in [5.74, 6) is 0.586. The molecule has 0 unspecified atom stereocenters. The topological polar surface area (TPSA) is 25.8 Å². The summed E-state index contributed by atoms with van der Waals surface area (Å²) in [6.07, 6.45) is -2.70. The minimum atomic E-state index is -4.35. The molecule has 1 aromatic carbocycles. The van der Waals surface area contributed by atoms with Gasteiger partial charge in [-0.1, -0.05) is 29.8 Å². The lowest BCUT2D eigenvalue weighted by Crippen LogP contribution is -2.05. The largest absolute Gasteiger partial charge is 0.417 e. The van der Waals surface area contributed by atoms with Crippen LogP contribution in [0.3, 0.4) is 0 Å². The van der Waals surface area contributed by atoms with Crippen molar-refractivity contribution >= 4 is 23.1 Å². The van der Waals surface area contributed by atoms with Crippen molar-refractivity contribution in [3.05, 3.63) is 75.4 Å². The van der Waals surface area contributed by atoms with Gasteiger partial charge in [-0.25, -0.2) is 9.97 Å². The Bertz CT molecular complexity index is 825.